The SMILES string of the molecule is COc1ccc(C(C)NCC(O)C2CCCC2)cc1Cn1cccn1. The second-order valence-corrected chi connectivity index (χ2v) is 7.02. The number of rotatable bonds is 8. The Morgan fingerprint density at radius 3 is 2.84 bits per heavy atom. The van der Waals surface area contributed by atoms with Crippen molar-refractivity contribution in [1.82, 2.24) is 15.1 Å². The molecule has 1 fully saturated rings. The minimum absolute atomic E-state index is 0.179. The number of hydrogen-bond donors (Lipinski definition) is 2. The van der Waals surface area contributed by atoms with Gasteiger partial charge >= 0.3 is 0 Å². The van der Waals surface area contributed by atoms with Crippen LogP contribution in [0, 0.1) is 5.92 Å². The average molecular weight is 343 g/mol. The Morgan fingerprint density at radius 2 is 2.16 bits per heavy atom. The molecule has 25 heavy (non-hydrogen) atoms. The van der Waals surface area contributed by atoms with Gasteiger partial charge in [-0.3, -0.25) is 4.68 Å². The Hall–Kier alpha value is -1.85. The molecule has 2 atom stereocenters. The highest BCUT2D eigenvalue weighted by atomic mass is 16.5. The molecule has 5 heteroatoms. The maximum Gasteiger partial charge on any atom is 0.123 e. The molecule has 2 N–H and O–H groups in total. The van der Waals surface area contributed by atoms with Crippen molar-refractivity contribution >= 4 is 0 Å². The van der Waals surface area contributed by atoms with Crippen LogP contribution in [-0.4, -0.2) is 34.6 Å². The molecule has 0 radical (unpaired) electrons. The number of nitrogens with zero attached hydrogens (tertiary/aromatic N) is 2. The molecule has 0 bridgehead atoms. The Kier molecular flexibility index (Phi) is 6.10. The number of ether oxygens (including phenoxy) is 1. The van der Waals surface area contributed by atoms with Crippen LogP contribution < -0.4 is 10.1 Å². The second kappa shape index (κ2) is 8.50. The Balaban J connectivity index is 1.64. The standard InChI is InChI=1S/C20H29N3O2/c1-15(21-13-19(24)16-6-3-4-7-16)17-8-9-20(25-2)18(12-17)14-23-11-5-10-22-23/h5,8-12,15-16,19,21,24H,3-4,6-7,13-14H2,1-2H3. The lowest BCUT2D eigenvalue weighted by atomic mass is 9.99. The lowest BCUT2D eigenvalue weighted by Crippen LogP contribution is -2.33. The average Bonchev–Trinajstić information content (AvgIpc) is 3.33. The second-order valence-electron chi connectivity index (χ2n) is 7.02. The highest BCUT2D eigenvalue weighted by Crippen LogP contribution is 2.28. The van der Waals surface area contributed by atoms with E-state index in [0.717, 1.165) is 24.2 Å². The van der Waals surface area contributed by atoms with Gasteiger partial charge in [0, 0.05) is 30.5 Å². The molecule has 2 aromatic rings. The van der Waals surface area contributed by atoms with E-state index in [0.29, 0.717) is 19.0 Å². The fourth-order valence-corrected chi connectivity index (χ4v) is 3.68. The maximum atomic E-state index is 10.4. The van der Waals surface area contributed by atoms with Gasteiger partial charge in [-0.15, -0.1) is 0 Å². The number of aliphatic hydroxyl groups is 1. The van der Waals surface area contributed by atoms with Gasteiger partial charge in [-0.1, -0.05) is 18.9 Å². The number of aliphatic hydroxyl groups excluding tert-OH is 1. The van der Waals surface area contributed by atoms with E-state index in [9.17, 15) is 5.11 Å². The van der Waals surface area contributed by atoms with E-state index in [1.165, 1.54) is 18.4 Å². The summed E-state index contributed by atoms with van der Waals surface area (Å²) in [5.41, 5.74) is 2.30. The summed E-state index contributed by atoms with van der Waals surface area (Å²) in [5, 5.41) is 18.1. The van der Waals surface area contributed by atoms with Crippen molar-refractivity contribution in [3.05, 3.63) is 47.8 Å². The summed E-state index contributed by atoms with van der Waals surface area (Å²) in [6.45, 7) is 3.47. The van der Waals surface area contributed by atoms with Crippen LogP contribution >= 0.6 is 0 Å². The van der Waals surface area contributed by atoms with E-state index in [2.05, 4.69) is 29.5 Å². The minimum atomic E-state index is -0.244. The van der Waals surface area contributed by atoms with Gasteiger partial charge < -0.3 is 15.2 Å². The molecule has 0 aliphatic heterocycles. The van der Waals surface area contributed by atoms with Crippen LogP contribution in [0.1, 0.15) is 49.8 Å². The molecule has 3 rings (SSSR count). The maximum absolute atomic E-state index is 10.4. The van der Waals surface area contributed by atoms with Crippen LogP contribution in [-0.2, 0) is 6.54 Å². The fraction of sp³-hybridized carbons (Fsp3) is 0.550. The van der Waals surface area contributed by atoms with Crippen molar-refractivity contribution in [3.63, 3.8) is 0 Å². The summed E-state index contributed by atoms with van der Waals surface area (Å²) in [6.07, 6.45) is 8.32. The van der Waals surface area contributed by atoms with Gasteiger partial charge in [0.25, 0.3) is 0 Å². The molecule has 0 amide bonds. The van der Waals surface area contributed by atoms with Crippen molar-refractivity contribution in [2.45, 2.75) is 51.3 Å². The first-order valence-corrected chi connectivity index (χ1v) is 9.23. The van der Waals surface area contributed by atoms with E-state index < -0.39 is 0 Å². The van der Waals surface area contributed by atoms with Gasteiger partial charge in [0.1, 0.15) is 5.75 Å². The van der Waals surface area contributed by atoms with Gasteiger partial charge in [-0.2, -0.15) is 5.10 Å². The molecule has 1 heterocycles. The molecule has 2 unspecified atom stereocenters. The third-order valence-corrected chi connectivity index (χ3v) is 5.27. The largest absolute Gasteiger partial charge is 0.496 e. The molecule has 0 saturated heterocycles. The molecular formula is C20H29N3O2. The van der Waals surface area contributed by atoms with Crippen molar-refractivity contribution in [2.24, 2.45) is 5.92 Å². The highest BCUT2D eigenvalue weighted by molar-refractivity contribution is 5.38. The summed E-state index contributed by atoms with van der Waals surface area (Å²) in [4.78, 5) is 0. The van der Waals surface area contributed by atoms with Crippen molar-refractivity contribution in [3.8, 4) is 5.75 Å². The lowest BCUT2D eigenvalue weighted by Gasteiger charge is -2.22. The van der Waals surface area contributed by atoms with Crippen molar-refractivity contribution < 1.29 is 9.84 Å². The Labute approximate surface area is 150 Å². The molecule has 1 aromatic heterocycles. The molecule has 136 valence electrons. The number of benzene rings is 1. The first-order valence-electron chi connectivity index (χ1n) is 9.23. The normalized spacial score (nSPS) is 17.6. The third kappa shape index (κ3) is 4.61. The molecule has 5 nitrogen and oxygen atoms in total. The van der Waals surface area contributed by atoms with Gasteiger partial charge in [0.05, 0.1) is 19.8 Å². The van der Waals surface area contributed by atoms with E-state index in [1.54, 1.807) is 13.3 Å². The molecular weight excluding hydrogens is 314 g/mol. The molecule has 1 saturated carbocycles. The zero-order valence-electron chi connectivity index (χ0n) is 15.2. The van der Waals surface area contributed by atoms with Crippen LogP contribution in [0.5, 0.6) is 5.75 Å². The number of aromatic nitrogens is 2. The fourth-order valence-electron chi connectivity index (χ4n) is 3.68. The summed E-state index contributed by atoms with van der Waals surface area (Å²) >= 11 is 0. The van der Waals surface area contributed by atoms with Crippen molar-refractivity contribution in [1.29, 1.82) is 0 Å². The molecule has 1 aliphatic carbocycles. The lowest BCUT2D eigenvalue weighted by molar-refractivity contribution is 0.106. The Morgan fingerprint density at radius 1 is 1.36 bits per heavy atom. The number of hydrogen-bond acceptors (Lipinski definition) is 4. The molecule has 1 aliphatic rings. The highest BCUT2D eigenvalue weighted by Gasteiger charge is 2.23. The van der Waals surface area contributed by atoms with Crippen LogP contribution in [0.2, 0.25) is 0 Å². The summed E-state index contributed by atoms with van der Waals surface area (Å²) in [6, 6.07) is 8.37. The summed E-state index contributed by atoms with van der Waals surface area (Å²) < 4.78 is 7.39. The van der Waals surface area contributed by atoms with Gasteiger partial charge in [-0.25, -0.2) is 0 Å². The molecule has 1 aromatic carbocycles. The molecule has 0 spiro atoms. The van der Waals surface area contributed by atoms with Crippen LogP contribution in [0.3, 0.4) is 0 Å². The van der Waals surface area contributed by atoms with E-state index in [1.807, 2.05) is 23.0 Å². The number of methoxy groups -OCH3 is 1. The van der Waals surface area contributed by atoms with Gasteiger partial charge in [0.2, 0.25) is 0 Å². The van der Waals surface area contributed by atoms with E-state index in [4.69, 9.17) is 4.74 Å². The smallest absolute Gasteiger partial charge is 0.123 e. The minimum Gasteiger partial charge on any atom is -0.496 e. The van der Waals surface area contributed by atoms with E-state index >= 15 is 0 Å². The van der Waals surface area contributed by atoms with Gasteiger partial charge in [-0.05, 0) is 49.4 Å². The monoisotopic (exact) mass is 343 g/mol. The zero-order valence-corrected chi connectivity index (χ0v) is 15.2. The quantitative estimate of drug-likeness (QED) is 0.773. The predicted molar refractivity (Wildman–Crippen MR) is 98.7 cm³/mol. The first-order chi connectivity index (χ1) is 12.2. The van der Waals surface area contributed by atoms with Crippen LogP contribution in [0.15, 0.2) is 36.7 Å². The Bertz CT molecular complexity index is 651. The van der Waals surface area contributed by atoms with Crippen LogP contribution in [0.25, 0.3) is 0 Å². The van der Waals surface area contributed by atoms with E-state index in [-0.39, 0.29) is 12.1 Å². The van der Waals surface area contributed by atoms with Crippen molar-refractivity contribution in [2.75, 3.05) is 13.7 Å². The number of nitrogens with one attached hydrogen (secondary N) is 1. The third-order valence-electron chi connectivity index (χ3n) is 5.27. The van der Waals surface area contributed by atoms with Gasteiger partial charge in [0.15, 0.2) is 0 Å². The predicted octanol–water partition coefficient (Wildman–Crippen LogP) is 3.14. The topological polar surface area (TPSA) is 59.3 Å². The summed E-state index contributed by atoms with van der Waals surface area (Å²) in [5.74, 6) is 1.34. The summed E-state index contributed by atoms with van der Waals surface area (Å²) in [7, 11) is 1.70. The zero-order chi connectivity index (χ0) is 17.6. The van der Waals surface area contributed by atoms with Crippen LogP contribution in [0.4, 0.5) is 0 Å². The first kappa shape index (κ1) is 18.0.